The van der Waals surface area contributed by atoms with E-state index in [1.54, 1.807) is 0 Å². The van der Waals surface area contributed by atoms with Crippen molar-refractivity contribution in [3.8, 4) is 5.75 Å². The molecule has 0 saturated carbocycles. The Bertz CT molecular complexity index is 1050. The quantitative estimate of drug-likeness (QED) is 0.549. The van der Waals surface area contributed by atoms with Crippen LogP contribution in [0.2, 0.25) is 0 Å². The molecular formula is C29H39N3O5. The third-order valence-corrected chi connectivity index (χ3v) is 7.11. The van der Waals surface area contributed by atoms with Gasteiger partial charge in [0, 0.05) is 50.4 Å². The zero-order valence-corrected chi connectivity index (χ0v) is 21.5. The smallest absolute Gasteiger partial charge is 0.303 e. The normalized spacial score (nSPS) is 18.5. The number of hydrogen-bond acceptors (Lipinski definition) is 6. The number of aliphatic carboxylic acids is 1. The van der Waals surface area contributed by atoms with Crippen LogP contribution in [0.5, 0.6) is 5.75 Å². The lowest BCUT2D eigenvalue weighted by molar-refractivity contribution is -0.137. The Labute approximate surface area is 219 Å². The highest BCUT2D eigenvalue weighted by Crippen LogP contribution is 2.28. The number of fused-ring (bicyclic) bond motifs is 1. The number of amides is 1. The standard InChI is InChI=1S/C29H39N3O5/c33-25-12-15-32(16-13-25)26-7-3-2-6-23(26)19-31-20-24-18-22(9-11-29(35)36)8-10-27(24)37-17-5-1-4-14-30-28(34)21-31/h2-3,6-8,10,18,25,33H,1,4-5,9,11-17,19-21H2,(H,30,34)(H,35,36). The molecule has 0 radical (unpaired) electrons. The van der Waals surface area contributed by atoms with Crippen LogP contribution < -0.4 is 15.0 Å². The fourth-order valence-electron chi connectivity index (χ4n) is 5.09. The van der Waals surface area contributed by atoms with Crippen molar-refractivity contribution in [2.75, 3.05) is 37.7 Å². The summed E-state index contributed by atoms with van der Waals surface area (Å²) < 4.78 is 6.16. The van der Waals surface area contributed by atoms with Gasteiger partial charge >= 0.3 is 5.97 Å². The number of carbonyl (C=O) groups excluding carboxylic acids is 1. The third-order valence-electron chi connectivity index (χ3n) is 7.11. The molecule has 1 fully saturated rings. The number of aliphatic hydroxyl groups is 1. The van der Waals surface area contributed by atoms with E-state index in [9.17, 15) is 14.7 Å². The molecule has 1 saturated heterocycles. The second-order valence-electron chi connectivity index (χ2n) is 10.1. The Morgan fingerprint density at radius 3 is 2.68 bits per heavy atom. The highest BCUT2D eigenvalue weighted by Gasteiger charge is 2.22. The molecule has 3 N–H and O–H groups in total. The van der Waals surface area contributed by atoms with Crippen LogP contribution >= 0.6 is 0 Å². The van der Waals surface area contributed by atoms with E-state index in [4.69, 9.17) is 9.84 Å². The van der Waals surface area contributed by atoms with Crippen molar-refractivity contribution in [3.63, 3.8) is 0 Å². The van der Waals surface area contributed by atoms with E-state index >= 15 is 0 Å². The van der Waals surface area contributed by atoms with Gasteiger partial charge < -0.3 is 25.2 Å². The maximum absolute atomic E-state index is 12.9. The van der Waals surface area contributed by atoms with Crippen molar-refractivity contribution < 1.29 is 24.5 Å². The predicted octanol–water partition coefficient (Wildman–Crippen LogP) is 3.35. The lowest BCUT2D eigenvalue weighted by Gasteiger charge is -2.34. The van der Waals surface area contributed by atoms with Gasteiger partial charge in [-0.2, -0.15) is 0 Å². The van der Waals surface area contributed by atoms with Gasteiger partial charge in [-0.25, -0.2) is 0 Å². The van der Waals surface area contributed by atoms with Crippen molar-refractivity contribution in [3.05, 3.63) is 59.2 Å². The van der Waals surface area contributed by atoms with Crippen LogP contribution in [0.1, 0.15) is 55.2 Å². The lowest BCUT2D eigenvalue weighted by atomic mass is 10.0. The average Bonchev–Trinajstić information content (AvgIpc) is 2.89. The van der Waals surface area contributed by atoms with Crippen molar-refractivity contribution in [2.24, 2.45) is 0 Å². The Morgan fingerprint density at radius 1 is 1.05 bits per heavy atom. The fraction of sp³-hybridized carbons (Fsp3) is 0.517. The highest BCUT2D eigenvalue weighted by molar-refractivity contribution is 5.78. The zero-order chi connectivity index (χ0) is 26.0. The molecule has 4 rings (SSSR count). The summed E-state index contributed by atoms with van der Waals surface area (Å²) in [6.07, 6.45) is 4.61. The Hall–Kier alpha value is -3.10. The summed E-state index contributed by atoms with van der Waals surface area (Å²) in [5, 5.41) is 22.2. The van der Waals surface area contributed by atoms with Crippen molar-refractivity contribution in [1.82, 2.24) is 10.2 Å². The molecule has 0 bridgehead atoms. The Morgan fingerprint density at radius 2 is 1.86 bits per heavy atom. The molecule has 2 aromatic carbocycles. The first-order valence-electron chi connectivity index (χ1n) is 13.4. The number of carbonyl (C=O) groups is 2. The van der Waals surface area contributed by atoms with E-state index in [1.807, 2.05) is 30.3 Å². The van der Waals surface area contributed by atoms with Crippen LogP contribution in [0.25, 0.3) is 0 Å². The summed E-state index contributed by atoms with van der Waals surface area (Å²) >= 11 is 0. The van der Waals surface area contributed by atoms with E-state index in [0.29, 0.717) is 32.7 Å². The Kier molecular flexibility index (Phi) is 9.79. The van der Waals surface area contributed by atoms with Crippen LogP contribution in [0.4, 0.5) is 5.69 Å². The molecule has 2 aromatic rings. The summed E-state index contributed by atoms with van der Waals surface area (Å²) in [5.41, 5.74) is 4.20. The monoisotopic (exact) mass is 509 g/mol. The Balaban J connectivity index is 1.60. The summed E-state index contributed by atoms with van der Waals surface area (Å²) in [7, 11) is 0. The maximum atomic E-state index is 12.9. The van der Waals surface area contributed by atoms with Crippen LogP contribution in [0.3, 0.4) is 0 Å². The van der Waals surface area contributed by atoms with Crippen LogP contribution in [0, 0.1) is 0 Å². The van der Waals surface area contributed by atoms with Gasteiger partial charge in [-0.1, -0.05) is 30.3 Å². The summed E-state index contributed by atoms with van der Waals surface area (Å²) in [5.74, 6) is -0.0234. The lowest BCUT2D eigenvalue weighted by Crippen LogP contribution is -2.38. The number of piperidine rings is 1. The number of anilines is 1. The largest absolute Gasteiger partial charge is 0.493 e. The predicted molar refractivity (Wildman–Crippen MR) is 143 cm³/mol. The number of aryl methyl sites for hydroxylation is 1. The van der Waals surface area contributed by atoms with E-state index in [0.717, 1.165) is 73.3 Å². The highest BCUT2D eigenvalue weighted by atomic mass is 16.5. The molecule has 8 heteroatoms. The summed E-state index contributed by atoms with van der Waals surface area (Å²) in [4.78, 5) is 28.5. The molecule has 37 heavy (non-hydrogen) atoms. The number of carboxylic acid groups (broad SMARTS) is 1. The SMILES string of the molecule is O=C(O)CCc1ccc2c(c1)CN(Cc1ccccc1N1CCC(O)CC1)CC(=O)NCCCCCO2. The van der Waals surface area contributed by atoms with Gasteiger partial charge in [0.25, 0.3) is 0 Å². The van der Waals surface area contributed by atoms with Crippen LogP contribution in [-0.4, -0.2) is 65.9 Å². The molecule has 0 unspecified atom stereocenters. The number of benzene rings is 2. The van der Waals surface area contributed by atoms with Gasteiger partial charge in [0.05, 0.1) is 19.3 Å². The number of hydrogen-bond donors (Lipinski definition) is 3. The molecule has 1 amide bonds. The van der Waals surface area contributed by atoms with Gasteiger partial charge in [0.1, 0.15) is 5.75 Å². The number of ether oxygens (including phenoxy) is 1. The molecule has 2 aliphatic rings. The fourth-order valence-corrected chi connectivity index (χ4v) is 5.09. The third kappa shape index (κ3) is 8.20. The molecule has 2 aliphatic heterocycles. The number of para-hydroxylation sites is 1. The first kappa shape index (κ1) is 26.9. The number of rotatable bonds is 6. The van der Waals surface area contributed by atoms with Gasteiger partial charge in [-0.3, -0.25) is 14.5 Å². The van der Waals surface area contributed by atoms with Gasteiger partial charge in [0.2, 0.25) is 5.91 Å². The van der Waals surface area contributed by atoms with Gasteiger partial charge in [-0.05, 0) is 61.8 Å². The van der Waals surface area contributed by atoms with Crippen LogP contribution in [-0.2, 0) is 29.1 Å². The molecule has 0 aliphatic carbocycles. The van der Waals surface area contributed by atoms with E-state index < -0.39 is 5.97 Å². The van der Waals surface area contributed by atoms with E-state index in [-0.39, 0.29) is 25.0 Å². The molecule has 200 valence electrons. The first-order chi connectivity index (χ1) is 18.0. The number of nitrogens with zero attached hydrogens (tertiary/aromatic N) is 2. The zero-order valence-electron chi connectivity index (χ0n) is 21.5. The minimum Gasteiger partial charge on any atom is -0.493 e. The number of carboxylic acids is 1. The molecule has 0 atom stereocenters. The van der Waals surface area contributed by atoms with Gasteiger partial charge in [0.15, 0.2) is 0 Å². The number of nitrogens with one attached hydrogen (secondary N) is 1. The van der Waals surface area contributed by atoms with Crippen LogP contribution in [0.15, 0.2) is 42.5 Å². The summed E-state index contributed by atoms with van der Waals surface area (Å²) in [6, 6.07) is 14.2. The van der Waals surface area contributed by atoms with E-state index in [1.165, 1.54) is 0 Å². The molecular weight excluding hydrogens is 470 g/mol. The second kappa shape index (κ2) is 13.4. The number of aliphatic hydroxyl groups excluding tert-OH is 1. The minimum atomic E-state index is -0.819. The molecule has 0 aromatic heterocycles. The average molecular weight is 510 g/mol. The molecule has 0 spiro atoms. The topological polar surface area (TPSA) is 102 Å². The van der Waals surface area contributed by atoms with Crippen molar-refractivity contribution in [1.29, 1.82) is 0 Å². The second-order valence-corrected chi connectivity index (χ2v) is 10.1. The first-order valence-corrected chi connectivity index (χ1v) is 13.4. The minimum absolute atomic E-state index is 0.00215. The summed E-state index contributed by atoms with van der Waals surface area (Å²) in [6.45, 7) is 4.24. The van der Waals surface area contributed by atoms with Crippen molar-refractivity contribution >= 4 is 17.6 Å². The van der Waals surface area contributed by atoms with Crippen molar-refractivity contribution in [2.45, 2.75) is 64.1 Å². The molecule has 8 nitrogen and oxygen atoms in total. The molecule has 2 heterocycles. The maximum Gasteiger partial charge on any atom is 0.303 e. The van der Waals surface area contributed by atoms with E-state index in [2.05, 4.69) is 27.2 Å². The van der Waals surface area contributed by atoms with Gasteiger partial charge in [-0.15, -0.1) is 0 Å².